The number of methoxy groups -OCH3 is 1. The normalized spacial score (nSPS) is 15.5. The van der Waals surface area contributed by atoms with Gasteiger partial charge in [0, 0.05) is 49.0 Å². The summed E-state index contributed by atoms with van der Waals surface area (Å²) in [7, 11) is 5.69. The zero-order chi connectivity index (χ0) is 32.6. The number of hydrogen-bond donors (Lipinski definition) is 2. The molecule has 0 spiro atoms. The summed E-state index contributed by atoms with van der Waals surface area (Å²) in [5.41, 5.74) is 4.63. The number of carbonyl (C=O) groups excluding carboxylic acids is 2. The highest BCUT2D eigenvalue weighted by atomic mass is 16.5. The van der Waals surface area contributed by atoms with E-state index in [-0.39, 0.29) is 28.9 Å². The van der Waals surface area contributed by atoms with Crippen LogP contribution in [0.5, 0.6) is 5.75 Å². The van der Waals surface area contributed by atoms with Crippen molar-refractivity contribution in [3.63, 3.8) is 0 Å². The lowest BCUT2D eigenvalue weighted by atomic mass is 9.91. The molecule has 3 aromatic rings. The first kappa shape index (κ1) is 31.7. The van der Waals surface area contributed by atoms with Gasteiger partial charge in [-0.1, -0.05) is 20.4 Å². The molecule has 12 nitrogen and oxygen atoms in total. The average molecular weight is 615 g/mol. The van der Waals surface area contributed by atoms with Crippen LogP contribution in [0.2, 0.25) is 0 Å². The van der Waals surface area contributed by atoms with Gasteiger partial charge in [-0.2, -0.15) is 4.98 Å². The van der Waals surface area contributed by atoms with Crippen LogP contribution in [-0.4, -0.2) is 84.7 Å². The summed E-state index contributed by atoms with van der Waals surface area (Å²) in [5, 5.41) is 6.19. The van der Waals surface area contributed by atoms with Crippen molar-refractivity contribution in [1.82, 2.24) is 19.9 Å². The number of hydrogen-bond acceptors (Lipinski definition) is 11. The van der Waals surface area contributed by atoms with Crippen LogP contribution in [0, 0.1) is 6.92 Å². The Morgan fingerprint density at radius 1 is 1.13 bits per heavy atom. The number of rotatable bonds is 10. The molecule has 2 N–H and O–H groups in total. The summed E-state index contributed by atoms with van der Waals surface area (Å²) in [6.45, 7) is 15.6. The third-order valence-corrected chi connectivity index (χ3v) is 8.03. The van der Waals surface area contributed by atoms with Crippen LogP contribution in [0.15, 0.2) is 43.1 Å². The van der Waals surface area contributed by atoms with Crippen LogP contribution < -0.4 is 25.2 Å². The lowest BCUT2D eigenvalue weighted by Gasteiger charge is -2.45. The van der Waals surface area contributed by atoms with Crippen LogP contribution in [0.25, 0.3) is 0 Å². The van der Waals surface area contributed by atoms with Crippen molar-refractivity contribution >= 4 is 46.4 Å². The fourth-order valence-electron chi connectivity index (χ4n) is 5.55. The van der Waals surface area contributed by atoms with Gasteiger partial charge in [0.05, 0.1) is 41.7 Å². The van der Waals surface area contributed by atoms with E-state index in [0.29, 0.717) is 35.5 Å². The van der Waals surface area contributed by atoms with Crippen molar-refractivity contribution in [3.8, 4) is 5.75 Å². The third-order valence-electron chi connectivity index (χ3n) is 8.03. The molecule has 1 amide bonds. The molecular weight excluding hydrogens is 572 g/mol. The number of carbonyl (C=O) groups is 2. The largest absolute Gasteiger partial charge is 0.494 e. The number of nitrogens with one attached hydrogen (secondary N) is 2. The number of ether oxygens (including phenoxy) is 2. The van der Waals surface area contributed by atoms with Gasteiger partial charge in [0.1, 0.15) is 11.3 Å². The van der Waals surface area contributed by atoms with Gasteiger partial charge in [0.25, 0.3) is 0 Å². The maximum Gasteiger partial charge on any atom is 0.343 e. The molecule has 0 aliphatic carbocycles. The van der Waals surface area contributed by atoms with Crippen LogP contribution in [0.3, 0.4) is 0 Å². The summed E-state index contributed by atoms with van der Waals surface area (Å²) in [5.74, 6) is 0.334. The van der Waals surface area contributed by atoms with Gasteiger partial charge >= 0.3 is 5.97 Å². The highest BCUT2D eigenvalue weighted by Crippen LogP contribution is 2.44. The Bertz CT molecular complexity index is 1630. The molecule has 2 aliphatic rings. The van der Waals surface area contributed by atoms with Crippen LogP contribution in [-0.2, 0) is 14.9 Å². The monoisotopic (exact) mass is 614 g/mol. The SMILES string of the molecule is C=CC(=O)Nc1cc(Nc2ncc(C(=O)OC(C)C)c(N3CC(C)(C)c4nc(C)ccc43)n2)c(OC)cc1N1CC(N(C)C)C1. The summed E-state index contributed by atoms with van der Waals surface area (Å²) in [6.07, 6.45) is 2.39. The standard InChI is InChI=1S/C33H42N8O4/c1-10-28(42)36-23-13-24(27(44-9)14-26(23)40-16-21(17-40)39(7)8)37-32-34-15-22(31(43)45-19(2)3)30(38-32)41-18-33(5,6)29-25(41)12-11-20(4)35-29/h10-15,19,21H,1,16-18H2,2-9H3,(H,36,42)(H,34,37,38). The van der Waals surface area contributed by atoms with Gasteiger partial charge in [-0.3, -0.25) is 9.78 Å². The van der Waals surface area contributed by atoms with Crippen molar-refractivity contribution in [2.24, 2.45) is 0 Å². The fourth-order valence-corrected chi connectivity index (χ4v) is 5.55. The van der Waals surface area contributed by atoms with Gasteiger partial charge in [0.2, 0.25) is 11.9 Å². The average Bonchev–Trinajstić information content (AvgIpc) is 3.22. The first-order valence-corrected chi connectivity index (χ1v) is 15.0. The van der Waals surface area contributed by atoms with Crippen molar-refractivity contribution in [2.45, 2.75) is 52.2 Å². The number of anilines is 6. The number of amides is 1. The van der Waals surface area contributed by atoms with Crippen molar-refractivity contribution < 1.29 is 19.1 Å². The first-order valence-electron chi connectivity index (χ1n) is 15.0. The molecule has 2 aromatic heterocycles. The molecule has 45 heavy (non-hydrogen) atoms. The molecule has 0 bridgehead atoms. The van der Waals surface area contributed by atoms with Gasteiger partial charge in [-0.25, -0.2) is 9.78 Å². The van der Waals surface area contributed by atoms with Gasteiger partial charge in [-0.05, 0) is 59.1 Å². The Morgan fingerprint density at radius 2 is 1.87 bits per heavy atom. The Kier molecular flexibility index (Phi) is 8.70. The van der Waals surface area contributed by atoms with E-state index in [1.165, 1.54) is 12.3 Å². The number of aryl methyl sites for hydroxylation is 1. The maximum atomic E-state index is 13.3. The Hall–Kier alpha value is -4.71. The summed E-state index contributed by atoms with van der Waals surface area (Å²) in [4.78, 5) is 46.2. The lowest BCUT2D eigenvalue weighted by Crippen LogP contribution is -2.57. The molecule has 1 aromatic carbocycles. The molecule has 238 valence electrons. The minimum absolute atomic E-state index is 0.237. The van der Waals surface area contributed by atoms with Gasteiger partial charge < -0.3 is 34.8 Å². The van der Waals surface area contributed by atoms with Crippen LogP contribution in [0.4, 0.5) is 34.5 Å². The van der Waals surface area contributed by atoms with E-state index in [4.69, 9.17) is 19.4 Å². The molecule has 5 rings (SSSR count). The molecular formula is C33H42N8O4. The number of esters is 1. The van der Waals surface area contributed by atoms with E-state index in [1.807, 2.05) is 30.0 Å². The Morgan fingerprint density at radius 3 is 2.51 bits per heavy atom. The minimum Gasteiger partial charge on any atom is -0.494 e. The molecule has 4 heterocycles. The summed E-state index contributed by atoms with van der Waals surface area (Å²) < 4.78 is 11.3. The van der Waals surface area contributed by atoms with Crippen LogP contribution >= 0.6 is 0 Å². The quantitative estimate of drug-likeness (QED) is 0.242. The maximum absolute atomic E-state index is 13.3. The number of likely N-dealkylation sites (N-methyl/N-ethyl adjacent to an activating group) is 1. The van der Waals surface area contributed by atoms with Gasteiger partial charge in [-0.15, -0.1) is 0 Å². The van der Waals surface area contributed by atoms with E-state index >= 15 is 0 Å². The van der Waals surface area contributed by atoms with Crippen molar-refractivity contribution in [2.75, 3.05) is 61.3 Å². The Balaban J connectivity index is 1.56. The number of benzene rings is 1. The number of pyridine rings is 1. The summed E-state index contributed by atoms with van der Waals surface area (Å²) >= 11 is 0. The lowest BCUT2D eigenvalue weighted by molar-refractivity contribution is -0.111. The predicted octanol–water partition coefficient (Wildman–Crippen LogP) is 4.80. The highest BCUT2D eigenvalue weighted by molar-refractivity contribution is 6.02. The molecule has 12 heteroatoms. The number of fused-ring (bicyclic) bond motifs is 1. The van der Waals surface area contributed by atoms with E-state index in [9.17, 15) is 9.59 Å². The number of nitrogens with zero attached hydrogens (tertiary/aromatic N) is 6. The highest BCUT2D eigenvalue weighted by Gasteiger charge is 2.40. The molecule has 1 saturated heterocycles. The van der Waals surface area contributed by atoms with Gasteiger partial charge in [0.15, 0.2) is 5.82 Å². The van der Waals surface area contributed by atoms with E-state index in [1.54, 1.807) is 27.0 Å². The second-order valence-corrected chi connectivity index (χ2v) is 12.6. The smallest absolute Gasteiger partial charge is 0.343 e. The number of aromatic nitrogens is 3. The molecule has 1 fully saturated rings. The van der Waals surface area contributed by atoms with Crippen LogP contribution in [0.1, 0.15) is 49.4 Å². The second-order valence-electron chi connectivity index (χ2n) is 12.6. The molecule has 2 aliphatic heterocycles. The zero-order valence-corrected chi connectivity index (χ0v) is 27.3. The molecule has 0 unspecified atom stereocenters. The van der Waals surface area contributed by atoms with Crippen molar-refractivity contribution in [1.29, 1.82) is 0 Å². The summed E-state index contributed by atoms with van der Waals surface area (Å²) in [6, 6.07) is 8.04. The van der Waals surface area contributed by atoms with E-state index in [2.05, 4.69) is 59.9 Å². The molecule has 0 atom stereocenters. The second kappa shape index (κ2) is 12.4. The molecule has 0 radical (unpaired) electrons. The topological polar surface area (TPSA) is 125 Å². The molecule has 0 saturated carbocycles. The van der Waals surface area contributed by atoms with Crippen molar-refractivity contribution in [3.05, 3.63) is 60.1 Å². The fraction of sp³-hybridized carbons (Fsp3) is 0.424. The third kappa shape index (κ3) is 6.41. The predicted molar refractivity (Wildman–Crippen MR) is 176 cm³/mol. The zero-order valence-electron chi connectivity index (χ0n) is 27.3. The van der Waals surface area contributed by atoms with E-state index < -0.39 is 5.97 Å². The first-order chi connectivity index (χ1) is 21.3. The Labute approximate surface area is 264 Å². The minimum atomic E-state index is -0.514. The van der Waals surface area contributed by atoms with E-state index in [0.717, 1.165) is 35.9 Å².